The van der Waals surface area contributed by atoms with Crippen LogP contribution in [0.4, 0.5) is 18.9 Å². The van der Waals surface area contributed by atoms with Gasteiger partial charge in [-0.15, -0.1) is 0 Å². The van der Waals surface area contributed by atoms with Gasteiger partial charge in [0.2, 0.25) is 0 Å². The normalized spacial score (nSPS) is 19.5. The highest BCUT2D eigenvalue weighted by Gasteiger charge is 2.63. The third kappa shape index (κ3) is 3.92. The van der Waals surface area contributed by atoms with E-state index in [-0.39, 0.29) is 22.9 Å². The summed E-state index contributed by atoms with van der Waals surface area (Å²) in [5, 5.41) is 3.82. The molecule has 2 heterocycles. The number of hydrogen-bond donors (Lipinski definition) is 0. The lowest BCUT2D eigenvalue weighted by Gasteiger charge is -2.30. The number of oxime groups is 1. The Morgan fingerprint density at radius 3 is 2.49 bits per heavy atom. The standard InChI is InChI=1S/C27H23F3N2O3/c1-34-24-11-5-3-9-21(24)26(27(28,29)30)17-22(31-35-26)18-12-14-20(15-13-18)25(33)32-16-6-8-19-7-2-4-10-23(19)32/h2-5,7,9-15H,6,8,16-17H2,1H3. The second-order valence-corrected chi connectivity index (χ2v) is 8.60. The summed E-state index contributed by atoms with van der Waals surface area (Å²) in [6.45, 7) is 0.616. The average Bonchev–Trinajstić information content (AvgIpc) is 3.35. The molecule has 0 aromatic heterocycles. The second kappa shape index (κ2) is 8.76. The van der Waals surface area contributed by atoms with E-state index >= 15 is 0 Å². The van der Waals surface area contributed by atoms with Gasteiger partial charge in [-0.25, -0.2) is 0 Å². The summed E-state index contributed by atoms with van der Waals surface area (Å²) < 4.78 is 48.1. The number of carbonyl (C=O) groups excluding carboxylic acids is 1. The lowest BCUT2D eigenvalue weighted by molar-refractivity contribution is -0.276. The number of nitrogens with zero attached hydrogens (tertiary/aromatic N) is 2. The van der Waals surface area contributed by atoms with Gasteiger partial charge in [-0.05, 0) is 48.2 Å². The van der Waals surface area contributed by atoms with Crippen LogP contribution in [0.25, 0.3) is 0 Å². The average molecular weight is 480 g/mol. The second-order valence-electron chi connectivity index (χ2n) is 8.60. The quantitative estimate of drug-likeness (QED) is 0.469. The number of benzene rings is 3. The summed E-state index contributed by atoms with van der Waals surface area (Å²) in [6, 6.07) is 20.2. The van der Waals surface area contributed by atoms with E-state index in [0.717, 1.165) is 24.1 Å². The van der Waals surface area contributed by atoms with Crippen LogP contribution < -0.4 is 9.64 Å². The predicted molar refractivity (Wildman–Crippen MR) is 126 cm³/mol. The molecule has 2 aliphatic rings. The molecule has 1 atom stereocenters. The Morgan fingerprint density at radius 2 is 1.74 bits per heavy atom. The Bertz CT molecular complexity index is 1290. The molecule has 1 amide bonds. The maximum atomic E-state index is 14.3. The fourth-order valence-electron chi connectivity index (χ4n) is 4.72. The van der Waals surface area contributed by atoms with Crippen molar-refractivity contribution in [2.75, 3.05) is 18.6 Å². The van der Waals surface area contributed by atoms with Crippen molar-refractivity contribution in [1.82, 2.24) is 0 Å². The van der Waals surface area contributed by atoms with Gasteiger partial charge in [-0.2, -0.15) is 13.2 Å². The number of hydrogen-bond acceptors (Lipinski definition) is 4. The molecular formula is C27H23F3N2O3. The highest BCUT2D eigenvalue weighted by atomic mass is 19.4. The number of halogens is 3. The SMILES string of the molecule is COc1ccccc1C1(C(F)(F)F)CC(c2ccc(C(=O)N3CCCc4ccccc43)cc2)=NO1. The van der Waals surface area contributed by atoms with Crippen LogP contribution in [0.2, 0.25) is 0 Å². The first-order valence-corrected chi connectivity index (χ1v) is 11.3. The van der Waals surface area contributed by atoms with Crippen LogP contribution in [0, 0.1) is 0 Å². The molecular weight excluding hydrogens is 457 g/mol. The largest absolute Gasteiger partial charge is 0.496 e. The molecule has 0 saturated carbocycles. The molecule has 35 heavy (non-hydrogen) atoms. The first kappa shape index (κ1) is 23.0. The number of methoxy groups -OCH3 is 1. The summed E-state index contributed by atoms with van der Waals surface area (Å²) in [5.74, 6) is -0.0731. The molecule has 2 aliphatic heterocycles. The van der Waals surface area contributed by atoms with Crippen LogP contribution in [0.15, 0.2) is 78.0 Å². The van der Waals surface area contributed by atoms with Crippen LogP contribution in [-0.4, -0.2) is 31.4 Å². The van der Waals surface area contributed by atoms with Gasteiger partial charge < -0.3 is 14.5 Å². The minimum atomic E-state index is -4.73. The van der Waals surface area contributed by atoms with Crippen LogP contribution in [-0.2, 0) is 16.9 Å². The molecule has 0 fully saturated rings. The summed E-state index contributed by atoms with van der Waals surface area (Å²) in [6.07, 6.45) is -3.45. The van der Waals surface area contributed by atoms with Crippen molar-refractivity contribution in [3.8, 4) is 5.75 Å². The van der Waals surface area contributed by atoms with Gasteiger partial charge in [-0.1, -0.05) is 53.7 Å². The monoisotopic (exact) mass is 480 g/mol. The van der Waals surface area contributed by atoms with Crippen molar-refractivity contribution in [3.63, 3.8) is 0 Å². The molecule has 3 aromatic carbocycles. The number of rotatable bonds is 4. The number of aryl methyl sites for hydroxylation is 1. The Balaban J connectivity index is 1.40. The minimum Gasteiger partial charge on any atom is -0.496 e. The Labute approximate surface area is 200 Å². The third-order valence-corrected chi connectivity index (χ3v) is 6.55. The van der Waals surface area contributed by atoms with E-state index in [1.54, 1.807) is 35.2 Å². The summed E-state index contributed by atoms with van der Waals surface area (Å²) >= 11 is 0. The molecule has 0 spiro atoms. The van der Waals surface area contributed by atoms with E-state index in [2.05, 4.69) is 5.16 Å². The molecule has 0 N–H and O–H groups in total. The van der Waals surface area contributed by atoms with E-state index in [1.807, 2.05) is 24.3 Å². The fourth-order valence-corrected chi connectivity index (χ4v) is 4.72. The maximum Gasteiger partial charge on any atom is 0.435 e. The van der Waals surface area contributed by atoms with Gasteiger partial charge in [0.1, 0.15) is 5.75 Å². The Hall–Kier alpha value is -3.81. The minimum absolute atomic E-state index is 0.0732. The topological polar surface area (TPSA) is 51.1 Å². The zero-order chi connectivity index (χ0) is 24.6. The highest BCUT2D eigenvalue weighted by molar-refractivity contribution is 6.08. The van der Waals surface area contributed by atoms with E-state index in [9.17, 15) is 18.0 Å². The molecule has 8 heteroatoms. The van der Waals surface area contributed by atoms with Gasteiger partial charge in [0, 0.05) is 23.4 Å². The van der Waals surface area contributed by atoms with Crippen LogP contribution in [0.3, 0.4) is 0 Å². The van der Waals surface area contributed by atoms with Crippen molar-refractivity contribution in [3.05, 3.63) is 95.1 Å². The molecule has 0 aliphatic carbocycles. The summed E-state index contributed by atoms with van der Waals surface area (Å²) in [7, 11) is 1.32. The van der Waals surface area contributed by atoms with E-state index in [1.165, 1.54) is 25.3 Å². The molecule has 5 rings (SSSR count). The van der Waals surface area contributed by atoms with Crippen molar-refractivity contribution >= 4 is 17.3 Å². The zero-order valence-corrected chi connectivity index (χ0v) is 19.0. The van der Waals surface area contributed by atoms with Gasteiger partial charge in [0.25, 0.3) is 11.5 Å². The summed E-state index contributed by atoms with van der Waals surface area (Å²) in [5.41, 5.74) is 0.299. The molecule has 0 bridgehead atoms. The zero-order valence-electron chi connectivity index (χ0n) is 19.0. The third-order valence-electron chi connectivity index (χ3n) is 6.55. The number of alkyl halides is 3. The first-order chi connectivity index (χ1) is 16.8. The number of fused-ring (bicyclic) bond motifs is 1. The van der Waals surface area contributed by atoms with Crippen molar-refractivity contribution in [2.24, 2.45) is 5.16 Å². The van der Waals surface area contributed by atoms with Crippen LogP contribution in [0.5, 0.6) is 5.75 Å². The van der Waals surface area contributed by atoms with Gasteiger partial charge in [-0.3, -0.25) is 4.79 Å². The number of carbonyl (C=O) groups is 1. The predicted octanol–water partition coefficient (Wildman–Crippen LogP) is 5.87. The lowest BCUT2D eigenvalue weighted by Crippen LogP contribution is -2.43. The number of amides is 1. The van der Waals surface area contributed by atoms with Crippen molar-refractivity contribution < 1.29 is 27.5 Å². The maximum absolute atomic E-state index is 14.3. The van der Waals surface area contributed by atoms with Crippen molar-refractivity contribution in [1.29, 1.82) is 0 Å². The Morgan fingerprint density at radius 1 is 1.03 bits per heavy atom. The molecule has 3 aromatic rings. The number of ether oxygens (including phenoxy) is 1. The van der Waals surface area contributed by atoms with E-state index < -0.39 is 18.2 Å². The van der Waals surface area contributed by atoms with Crippen LogP contribution in [0.1, 0.15) is 39.9 Å². The van der Waals surface area contributed by atoms with Gasteiger partial charge >= 0.3 is 6.18 Å². The molecule has 1 unspecified atom stereocenters. The first-order valence-electron chi connectivity index (χ1n) is 11.3. The van der Waals surface area contributed by atoms with E-state index in [0.29, 0.717) is 17.7 Å². The number of anilines is 1. The molecule has 180 valence electrons. The molecule has 5 nitrogen and oxygen atoms in total. The van der Waals surface area contributed by atoms with Gasteiger partial charge in [0.15, 0.2) is 0 Å². The number of para-hydroxylation sites is 2. The van der Waals surface area contributed by atoms with Gasteiger partial charge in [0.05, 0.1) is 19.2 Å². The van der Waals surface area contributed by atoms with E-state index in [4.69, 9.17) is 9.57 Å². The summed E-state index contributed by atoms with van der Waals surface area (Å²) in [4.78, 5) is 20.1. The molecule has 0 radical (unpaired) electrons. The molecule has 0 saturated heterocycles. The smallest absolute Gasteiger partial charge is 0.435 e. The Kier molecular flexibility index (Phi) is 5.75. The fraction of sp³-hybridized carbons (Fsp3) is 0.259. The highest BCUT2D eigenvalue weighted by Crippen LogP contribution is 2.51. The van der Waals surface area contributed by atoms with Crippen LogP contribution >= 0.6 is 0 Å². The lowest BCUT2D eigenvalue weighted by atomic mass is 9.86. The van der Waals surface area contributed by atoms with Crippen molar-refractivity contribution in [2.45, 2.75) is 31.0 Å².